The van der Waals surface area contributed by atoms with Gasteiger partial charge in [0.2, 0.25) is 0 Å². The summed E-state index contributed by atoms with van der Waals surface area (Å²) in [4.78, 5) is 26.4. The van der Waals surface area contributed by atoms with E-state index in [9.17, 15) is 14.9 Å². The number of nitro groups is 1. The lowest BCUT2D eigenvalue weighted by atomic mass is 10.1. The number of thiocarbonyl (C=S) groups is 1. The molecule has 12 nitrogen and oxygen atoms in total. The first-order valence-electron chi connectivity index (χ1n) is 7.91. The smallest absolute Gasteiger partial charge is 0.270 e. The second-order valence-electron chi connectivity index (χ2n) is 5.57. The van der Waals surface area contributed by atoms with Crippen LogP contribution in [0.2, 0.25) is 0 Å². The Balaban J connectivity index is 1.81. The van der Waals surface area contributed by atoms with E-state index in [4.69, 9.17) is 17.0 Å². The number of benzene rings is 1. The molecular formula is C14H16N8O4S. The minimum absolute atomic E-state index is 0.0487. The summed E-state index contributed by atoms with van der Waals surface area (Å²) < 4.78 is 5.31. The fourth-order valence-corrected chi connectivity index (χ4v) is 2.72. The van der Waals surface area contributed by atoms with Gasteiger partial charge in [0.1, 0.15) is 0 Å². The number of hydrogen-bond acceptors (Lipinski definition) is 9. The Morgan fingerprint density at radius 2 is 2.11 bits per heavy atom. The van der Waals surface area contributed by atoms with E-state index in [1.54, 1.807) is 13.1 Å². The molecule has 0 atom stereocenters. The van der Waals surface area contributed by atoms with Crippen molar-refractivity contribution in [1.82, 2.24) is 25.5 Å². The van der Waals surface area contributed by atoms with Gasteiger partial charge >= 0.3 is 0 Å². The number of nitrogens with one attached hydrogen (secondary N) is 2. The number of amides is 1. The number of carbonyl (C=O) groups is 1. The molecule has 13 heteroatoms. The lowest BCUT2D eigenvalue weighted by Gasteiger charge is -2.30. The van der Waals surface area contributed by atoms with Crippen LogP contribution >= 0.6 is 12.2 Å². The van der Waals surface area contributed by atoms with Crippen molar-refractivity contribution in [3.05, 3.63) is 33.9 Å². The van der Waals surface area contributed by atoms with Crippen LogP contribution in [-0.4, -0.2) is 62.5 Å². The molecule has 1 amide bonds. The van der Waals surface area contributed by atoms with Crippen LogP contribution < -0.4 is 15.5 Å². The number of tetrazole rings is 1. The number of anilines is 2. The summed E-state index contributed by atoms with van der Waals surface area (Å²) in [5.41, 5.74) is 0.524. The summed E-state index contributed by atoms with van der Waals surface area (Å²) in [6, 6.07) is 4.14. The van der Waals surface area contributed by atoms with Gasteiger partial charge in [-0.15, -0.1) is 5.10 Å². The molecule has 2 heterocycles. The highest BCUT2D eigenvalue weighted by molar-refractivity contribution is 7.80. The third kappa shape index (κ3) is 4.51. The average Bonchev–Trinajstić information content (AvgIpc) is 3.06. The Morgan fingerprint density at radius 1 is 1.37 bits per heavy atom. The fraction of sp³-hybridized carbons (Fsp3) is 0.357. The zero-order valence-electron chi connectivity index (χ0n) is 14.3. The summed E-state index contributed by atoms with van der Waals surface area (Å²) in [7, 11) is 1.58. The lowest BCUT2D eigenvalue weighted by Crippen LogP contribution is -2.39. The van der Waals surface area contributed by atoms with Crippen molar-refractivity contribution in [2.75, 3.05) is 36.5 Å². The van der Waals surface area contributed by atoms with E-state index >= 15 is 0 Å². The van der Waals surface area contributed by atoms with Gasteiger partial charge in [0.15, 0.2) is 5.11 Å². The Labute approximate surface area is 158 Å². The number of ether oxygens (including phenoxy) is 1. The zero-order valence-corrected chi connectivity index (χ0v) is 15.1. The number of aromatic nitrogens is 4. The number of aryl methyl sites for hydroxylation is 1. The van der Waals surface area contributed by atoms with Gasteiger partial charge in [-0.1, -0.05) is 5.10 Å². The lowest BCUT2D eigenvalue weighted by molar-refractivity contribution is -0.384. The van der Waals surface area contributed by atoms with Gasteiger partial charge in [0.25, 0.3) is 17.5 Å². The Morgan fingerprint density at radius 3 is 2.74 bits per heavy atom. The van der Waals surface area contributed by atoms with E-state index in [0.717, 1.165) is 0 Å². The van der Waals surface area contributed by atoms with Crippen LogP contribution in [0.15, 0.2) is 18.2 Å². The third-order valence-corrected chi connectivity index (χ3v) is 3.95. The van der Waals surface area contributed by atoms with Crippen molar-refractivity contribution in [3.8, 4) is 0 Å². The Bertz CT molecular complexity index is 880. The van der Waals surface area contributed by atoms with Crippen LogP contribution in [0, 0.1) is 10.1 Å². The first-order chi connectivity index (χ1) is 12.9. The van der Waals surface area contributed by atoms with Gasteiger partial charge in [-0.2, -0.15) is 4.80 Å². The predicted molar refractivity (Wildman–Crippen MR) is 98.6 cm³/mol. The van der Waals surface area contributed by atoms with E-state index < -0.39 is 10.8 Å². The third-order valence-electron chi connectivity index (χ3n) is 3.75. The number of non-ortho nitro benzene ring substituents is 1. The van der Waals surface area contributed by atoms with Crippen molar-refractivity contribution in [3.63, 3.8) is 0 Å². The van der Waals surface area contributed by atoms with Crippen molar-refractivity contribution < 1.29 is 14.5 Å². The van der Waals surface area contributed by atoms with Crippen LogP contribution in [0.5, 0.6) is 0 Å². The maximum absolute atomic E-state index is 12.7. The number of rotatable bonds is 4. The van der Waals surface area contributed by atoms with Gasteiger partial charge in [-0.05, 0) is 23.5 Å². The molecule has 1 fully saturated rings. The average molecular weight is 392 g/mol. The number of nitro benzene ring substituents is 1. The van der Waals surface area contributed by atoms with Crippen LogP contribution in [0.1, 0.15) is 10.4 Å². The molecule has 0 aliphatic carbocycles. The van der Waals surface area contributed by atoms with Crippen molar-refractivity contribution in [2.45, 2.75) is 0 Å². The Hall–Kier alpha value is -3.19. The second kappa shape index (κ2) is 8.01. The van der Waals surface area contributed by atoms with Crippen molar-refractivity contribution in [2.24, 2.45) is 7.05 Å². The molecule has 1 aliphatic heterocycles. The molecule has 0 spiro atoms. The molecule has 0 radical (unpaired) electrons. The highest BCUT2D eigenvalue weighted by Crippen LogP contribution is 2.26. The monoisotopic (exact) mass is 392 g/mol. The highest BCUT2D eigenvalue weighted by Gasteiger charge is 2.22. The van der Waals surface area contributed by atoms with E-state index in [2.05, 4.69) is 26.0 Å². The summed E-state index contributed by atoms with van der Waals surface area (Å²) in [6.07, 6.45) is 0. The fourth-order valence-electron chi connectivity index (χ4n) is 2.54. The summed E-state index contributed by atoms with van der Waals surface area (Å²) in [6.45, 7) is 2.17. The van der Waals surface area contributed by atoms with E-state index in [-0.39, 0.29) is 22.3 Å². The predicted octanol–water partition coefficient (Wildman–Crippen LogP) is 0.0817. The molecule has 142 valence electrons. The number of carbonyl (C=O) groups excluding carboxylic acids is 1. The maximum Gasteiger partial charge on any atom is 0.270 e. The zero-order chi connectivity index (χ0) is 19.4. The van der Waals surface area contributed by atoms with Crippen molar-refractivity contribution >= 4 is 40.6 Å². The van der Waals surface area contributed by atoms with Crippen LogP contribution in [-0.2, 0) is 11.8 Å². The molecule has 1 saturated heterocycles. The molecule has 1 aliphatic rings. The van der Waals surface area contributed by atoms with Gasteiger partial charge < -0.3 is 9.64 Å². The normalized spacial score (nSPS) is 13.9. The number of hydrogen-bond donors (Lipinski definition) is 2. The first-order valence-corrected chi connectivity index (χ1v) is 8.32. The quantitative estimate of drug-likeness (QED) is 0.417. The molecule has 1 aromatic heterocycles. The van der Waals surface area contributed by atoms with E-state index in [1.165, 1.54) is 16.9 Å². The first kappa shape index (κ1) is 18.6. The maximum atomic E-state index is 12.7. The largest absolute Gasteiger partial charge is 0.378 e. The van der Waals surface area contributed by atoms with Gasteiger partial charge in [0.05, 0.1) is 36.4 Å². The molecule has 2 N–H and O–H groups in total. The summed E-state index contributed by atoms with van der Waals surface area (Å²) in [5, 5.41) is 27.4. The van der Waals surface area contributed by atoms with Crippen molar-refractivity contribution in [1.29, 1.82) is 0 Å². The molecule has 3 rings (SSSR count). The van der Waals surface area contributed by atoms with E-state index in [1.807, 2.05) is 4.90 Å². The topological polar surface area (TPSA) is 140 Å². The molecule has 1 aromatic carbocycles. The molecular weight excluding hydrogens is 376 g/mol. The van der Waals surface area contributed by atoms with Crippen LogP contribution in [0.4, 0.5) is 17.3 Å². The number of morpholine rings is 1. The van der Waals surface area contributed by atoms with Gasteiger partial charge in [0, 0.05) is 25.2 Å². The minimum atomic E-state index is -0.582. The Kier molecular flexibility index (Phi) is 5.52. The standard InChI is InChI=1S/C14H16N8O4S/c1-20-18-13(17-19-20)16-14(27)15-12(23)10-8-9(22(24)25)2-3-11(10)21-4-6-26-7-5-21/h2-3,8H,4-7H2,1H3,(H2,15,16,18,23,27). The number of nitrogens with zero attached hydrogens (tertiary/aromatic N) is 6. The molecule has 0 bridgehead atoms. The minimum Gasteiger partial charge on any atom is -0.378 e. The molecule has 0 unspecified atom stereocenters. The highest BCUT2D eigenvalue weighted by atomic mass is 32.1. The molecule has 0 saturated carbocycles. The molecule has 27 heavy (non-hydrogen) atoms. The van der Waals surface area contributed by atoms with Crippen LogP contribution in [0.25, 0.3) is 0 Å². The second-order valence-corrected chi connectivity index (χ2v) is 5.98. The molecule has 2 aromatic rings. The summed E-state index contributed by atoms with van der Waals surface area (Å²) >= 11 is 5.08. The summed E-state index contributed by atoms with van der Waals surface area (Å²) in [5.74, 6) is -0.461. The van der Waals surface area contributed by atoms with Gasteiger partial charge in [-0.3, -0.25) is 25.5 Å². The SMILES string of the molecule is Cn1nnc(NC(=S)NC(=O)c2cc([N+](=O)[O-])ccc2N2CCOCC2)n1. The van der Waals surface area contributed by atoms with E-state index in [0.29, 0.717) is 32.0 Å². The van der Waals surface area contributed by atoms with Gasteiger partial charge in [-0.25, -0.2) is 0 Å². The van der Waals surface area contributed by atoms with Crippen LogP contribution in [0.3, 0.4) is 0 Å².